The Labute approximate surface area is 152 Å². The minimum absolute atomic E-state index is 0.0689. The number of benzene rings is 2. The van der Waals surface area contributed by atoms with Crippen molar-refractivity contribution in [2.24, 2.45) is 4.99 Å². The highest BCUT2D eigenvalue weighted by molar-refractivity contribution is 6.08. The van der Waals surface area contributed by atoms with Gasteiger partial charge < -0.3 is 0 Å². The van der Waals surface area contributed by atoms with Gasteiger partial charge in [0, 0.05) is 12.1 Å². The molecule has 2 aromatic carbocycles. The van der Waals surface area contributed by atoms with Gasteiger partial charge in [-0.25, -0.2) is 0 Å². The second-order valence-electron chi connectivity index (χ2n) is 7.55. The maximum Gasteiger partial charge on any atom is 0.269 e. The monoisotopic (exact) mass is 347 g/mol. The average Bonchev–Trinajstić information content (AvgIpc) is 3.36. The second kappa shape index (κ2) is 5.74. The van der Waals surface area contributed by atoms with E-state index in [-0.39, 0.29) is 16.3 Å². The summed E-state index contributed by atoms with van der Waals surface area (Å²) in [6.45, 7) is 0. The van der Waals surface area contributed by atoms with Gasteiger partial charge in [-0.3, -0.25) is 20.0 Å². The summed E-state index contributed by atoms with van der Waals surface area (Å²) in [5.41, 5.74) is 3.64. The number of non-ortho nitro benzene ring substituents is 1. The fraction of sp³-hybridized carbons (Fsp3) is 0.381. The summed E-state index contributed by atoms with van der Waals surface area (Å²) >= 11 is 0. The highest BCUT2D eigenvalue weighted by Gasteiger charge is 2.65. The molecule has 5 rings (SSSR count). The van der Waals surface area contributed by atoms with Crippen LogP contribution < -0.4 is 0 Å². The Bertz CT molecular complexity index is 870. The van der Waals surface area contributed by atoms with Crippen molar-refractivity contribution in [3.63, 3.8) is 0 Å². The van der Waals surface area contributed by atoms with Crippen molar-refractivity contribution in [2.75, 3.05) is 0 Å². The van der Waals surface area contributed by atoms with Crippen LogP contribution in [0.1, 0.15) is 49.3 Å². The summed E-state index contributed by atoms with van der Waals surface area (Å²) in [6.07, 6.45) is 5.97. The lowest BCUT2D eigenvalue weighted by Crippen LogP contribution is -2.36. The van der Waals surface area contributed by atoms with Gasteiger partial charge in [-0.15, -0.1) is 0 Å². The maximum absolute atomic E-state index is 10.9. The highest BCUT2D eigenvalue weighted by atomic mass is 16.6. The van der Waals surface area contributed by atoms with Gasteiger partial charge in [0.25, 0.3) is 5.69 Å². The molecular formula is C21H21N3O2. The Morgan fingerprint density at radius 1 is 0.962 bits per heavy atom. The molecule has 2 unspecified atom stereocenters. The number of fused-ring (bicyclic) bond motifs is 2. The summed E-state index contributed by atoms with van der Waals surface area (Å²) in [4.78, 5) is 18.4. The predicted octanol–water partition coefficient (Wildman–Crippen LogP) is 4.48. The topological polar surface area (TPSA) is 58.5 Å². The van der Waals surface area contributed by atoms with Crippen LogP contribution in [-0.2, 0) is 0 Å². The van der Waals surface area contributed by atoms with E-state index < -0.39 is 0 Å². The van der Waals surface area contributed by atoms with Crippen molar-refractivity contribution in [1.82, 2.24) is 4.90 Å². The van der Waals surface area contributed by atoms with Crippen LogP contribution in [0.15, 0.2) is 59.6 Å². The third-order valence-corrected chi connectivity index (χ3v) is 6.07. The molecule has 5 heteroatoms. The van der Waals surface area contributed by atoms with Crippen molar-refractivity contribution < 1.29 is 4.92 Å². The third kappa shape index (κ3) is 2.31. The summed E-state index contributed by atoms with van der Waals surface area (Å²) in [7, 11) is 0. The number of hydrogen-bond acceptors (Lipinski definition) is 4. The molecule has 1 saturated carbocycles. The molecule has 1 saturated heterocycles. The summed E-state index contributed by atoms with van der Waals surface area (Å²) in [6, 6.07) is 18.1. The minimum Gasteiger partial charge on any atom is -0.265 e. The Morgan fingerprint density at radius 2 is 1.65 bits per heavy atom. The number of nitro benzene ring substituents is 1. The molecular weight excluding hydrogens is 326 g/mol. The van der Waals surface area contributed by atoms with Crippen LogP contribution in [0.3, 0.4) is 0 Å². The predicted molar refractivity (Wildman–Crippen MR) is 100 cm³/mol. The molecule has 2 aliphatic heterocycles. The van der Waals surface area contributed by atoms with Gasteiger partial charge in [-0.2, -0.15) is 0 Å². The standard InChI is InChI=1S/C21H21N3O2/c25-24(26)17-11-9-16(10-12-17)19-20-18(15-7-3-1-4-8-15)22-21(23(19)20)13-5-2-6-14-21/h1,3-4,7-12,19-20H,2,5-6,13-14H2/t19?,20-,23?/m1/s1. The van der Waals surface area contributed by atoms with Crippen LogP contribution in [0.5, 0.6) is 0 Å². The van der Waals surface area contributed by atoms with Crippen molar-refractivity contribution in [3.8, 4) is 0 Å². The normalized spacial score (nSPS) is 28.5. The zero-order valence-corrected chi connectivity index (χ0v) is 14.5. The first-order chi connectivity index (χ1) is 12.7. The molecule has 0 bridgehead atoms. The summed E-state index contributed by atoms with van der Waals surface area (Å²) in [5.74, 6) is 0. The molecule has 0 radical (unpaired) electrons. The number of nitrogens with zero attached hydrogens (tertiary/aromatic N) is 3. The molecule has 2 heterocycles. The lowest BCUT2D eigenvalue weighted by molar-refractivity contribution is -0.384. The Morgan fingerprint density at radius 3 is 2.31 bits per heavy atom. The van der Waals surface area contributed by atoms with Crippen LogP contribution >= 0.6 is 0 Å². The van der Waals surface area contributed by atoms with E-state index in [1.165, 1.54) is 30.5 Å². The van der Waals surface area contributed by atoms with E-state index in [4.69, 9.17) is 4.99 Å². The van der Waals surface area contributed by atoms with Crippen molar-refractivity contribution in [2.45, 2.75) is 49.9 Å². The number of nitro groups is 1. The van der Waals surface area contributed by atoms with Gasteiger partial charge in [0.05, 0.1) is 22.7 Å². The van der Waals surface area contributed by atoms with E-state index in [9.17, 15) is 10.1 Å². The van der Waals surface area contributed by atoms with Gasteiger partial charge in [-0.1, -0.05) is 48.9 Å². The Hall–Kier alpha value is -2.53. The Kier molecular flexibility index (Phi) is 3.47. The largest absolute Gasteiger partial charge is 0.269 e. The molecule has 1 aliphatic carbocycles. The molecule has 0 amide bonds. The van der Waals surface area contributed by atoms with E-state index in [0.717, 1.165) is 18.4 Å². The minimum atomic E-state index is -0.336. The highest BCUT2D eigenvalue weighted by Crippen LogP contribution is 2.59. The fourth-order valence-electron chi connectivity index (χ4n) is 4.85. The zero-order chi connectivity index (χ0) is 17.7. The average molecular weight is 347 g/mol. The molecule has 1 spiro atoms. The van der Waals surface area contributed by atoms with Gasteiger partial charge >= 0.3 is 0 Å². The van der Waals surface area contributed by atoms with Gasteiger partial charge in [0.2, 0.25) is 0 Å². The zero-order valence-electron chi connectivity index (χ0n) is 14.5. The molecule has 132 valence electrons. The molecule has 3 aliphatic rings. The molecule has 5 nitrogen and oxygen atoms in total. The van der Waals surface area contributed by atoms with Crippen LogP contribution in [0.4, 0.5) is 5.69 Å². The van der Waals surface area contributed by atoms with Crippen LogP contribution in [0.2, 0.25) is 0 Å². The van der Waals surface area contributed by atoms with E-state index >= 15 is 0 Å². The van der Waals surface area contributed by atoms with E-state index in [0.29, 0.717) is 12.1 Å². The second-order valence-corrected chi connectivity index (χ2v) is 7.55. The van der Waals surface area contributed by atoms with E-state index in [1.54, 1.807) is 12.1 Å². The lowest BCUT2D eigenvalue weighted by Gasteiger charge is -2.34. The lowest BCUT2D eigenvalue weighted by atomic mass is 9.89. The van der Waals surface area contributed by atoms with Gasteiger partial charge in [0.15, 0.2) is 0 Å². The Balaban J connectivity index is 1.52. The molecule has 0 aromatic heterocycles. The van der Waals surface area contributed by atoms with E-state index in [2.05, 4.69) is 29.2 Å². The summed E-state index contributed by atoms with van der Waals surface area (Å²) in [5, 5.41) is 10.9. The van der Waals surface area contributed by atoms with Crippen LogP contribution in [-0.4, -0.2) is 27.2 Å². The molecule has 0 N–H and O–H groups in total. The van der Waals surface area contributed by atoms with E-state index in [1.807, 2.05) is 18.2 Å². The number of hydrogen-bond donors (Lipinski definition) is 0. The van der Waals surface area contributed by atoms with Crippen molar-refractivity contribution in [3.05, 3.63) is 75.8 Å². The number of rotatable bonds is 3. The maximum atomic E-state index is 10.9. The third-order valence-electron chi connectivity index (χ3n) is 6.07. The molecule has 2 aromatic rings. The first-order valence-corrected chi connectivity index (χ1v) is 9.38. The fourth-order valence-corrected chi connectivity index (χ4v) is 4.85. The quantitative estimate of drug-likeness (QED) is 0.467. The molecule has 3 atom stereocenters. The first kappa shape index (κ1) is 15.7. The van der Waals surface area contributed by atoms with Crippen LogP contribution in [0.25, 0.3) is 0 Å². The van der Waals surface area contributed by atoms with Crippen LogP contribution in [0, 0.1) is 10.1 Å². The molecule has 26 heavy (non-hydrogen) atoms. The number of aliphatic imine (C=N–C) groups is 1. The smallest absolute Gasteiger partial charge is 0.265 e. The summed E-state index contributed by atoms with van der Waals surface area (Å²) < 4.78 is 0. The van der Waals surface area contributed by atoms with Gasteiger partial charge in [0.1, 0.15) is 5.66 Å². The van der Waals surface area contributed by atoms with Gasteiger partial charge in [-0.05, 0) is 36.8 Å². The van der Waals surface area contributed by atoms with Crippen molar-refractivity contribution in [1.29, 1.82) is 0 Å². The SMILES string of the molecule is O=[N+]([O-])c1ccc(C2[C@H]3C(c4ccccc4)=NC4(CCCCC4)N23)cc1. The van der Waals surface area contributed by atoms with Crippen molar-refractivity contribution >= 4 is 11.4 Å². The first-order valence-electron chi connectivity index (χ1n) is 9.38. The molecule has 2 fully saturated rings.